The average Bonchev–Trinajstić information content (AvgIpc) is 2.82. The molecule has 2 aromatic rings. The molecule has 1 N–H and O–H groups in total. The minimum Gasteiger partial charge on any atom is -0.421 e. The third-order valence-corrected chi connectivity index (χ3v) is 3.06. The van der Waals surface area contributed by atoms with Crippen molar-refractivity contribution in [2.45, 2.75) is 12.8 Å². The normalized spacial score (nSPS) is 10.8. The molecule has 1 heterocycles. The Morgan fingerprint density at radius 3 is 2.94 bits per heavy atom. The van der Waals surface area contributed by atoms with Gasteiger partial charge in [0, 0.05) is 12.0 Å². The van der Waals surface area contributed by atoms with Crippen LogP contribution in [-0.4, -0.2) is 23.8 Å². The highest BCUT2D eigenvalue weighted by Crippen LogP contribution is 2.24. The summed E-state index contributed by atoms with van der Waals surface area (Å²) in [6, 6.07) is 4.61. The predicted octanol–water partition coefficient (Wildman–Crippen LogP) is 2.79. The van der Waals surface area contributed by atoms with Crippen molar-refractivity contribution in [2.75, 3.05) is 13.6 Å². The second-order valence-corrected chi connectivity index (χ2v) is 4.69. The van der Waals surface area contributed by atoms with Gasteiger partial charge in [-0.2, -0.15) is 0 Å². The first-order valence-electron chi connectivity index (χ1n) is 5.63. The van der Waals surface area contributed by atoms with Crippen LogP contribution in [0.5, 0.6) is 0 Å². The molecule has 0 unspecified atom stereocenters. The van der Waals surface area contributed by atoms with E-state index < -0.39 is 0 Å². The minimum absolute atomic E-state index is 0.312. The van der Waals surface area contributed by atoms with Gasteiger partial charge >= 0.3 is 0 Å². The molecule has 96 valence electrons. The van der Waals surface area contributed by atoms with E-state index in [1.54, 1.807) is 12.1 Å². The molecular formula is C12H13BrFN3O. The van der Waals surface area contributed by atoms with Gasteiger partial charge in [0.25, 0.3) is 0 Å². The van der Waals surface area contributed by atoms with E-state index in [9.17, 15) is 4.39 Å². The first-order chi connectivity index (χ1) is 8.70. The number of aryl methyl sites for hydroxylation is 1. The fraction of sp³-hybridized carbons (Fsp3) is 0.333. The average molecular weight is 314 g/mol. The van der Waals surface area contributed by atoms with Crippen LogP contribution in [0.2, 0.25) is 0 Å². The van der Waals surface area contributed by atoms with Gasteiger partial charge in [0.1, 0.15) is 5.82 Å². The Hall–Kier alpha value is -1.27. The number of hydrogen-bond donors (Lipinski definition) is 1. The molecule has 0 bridgehead atoms. The SMILES string of the molecule is CNCCCc1nnc(-c2ccc(F)c(Br)c2)o1. The molecule has 4 nitrogen and oxygen atoms in total. The predicted molar refractivity (Wildman–Crippen MR) is 69.6 cm³/mol. The molecule has 1 aromatic heterocycles. The van der Waals surface area contributed by atoms with Crippen LogP contribution in [0.3, 0.4) is 0 Å². The summed E-state index contributed by atoms with van der Waals surface area (Å²) in [5.74, 6) is 0.698. The molecule has 0 aliphatic rings. The first kappa shape index (κ1) is 13.2. The van der Waals surface area contributed by atoms with Gasteiger partial charge in [0.05, 0.1) is 4.47 Å². The summed E-state index contributed by atoms with van der Waals surface area (Å²) in [5, 5.41) is 11.0. The molecule has 1 aromatic carbocycles. The summed E-state index contributed by atoms with van der Waals surface area (Å²) in [6.45, 7) is 0.903. The van der Waals surface area contributed by atoms with Gasteiger partial charge in [-0.1, -0.05) is 0 Å². The maximum atomic E-state index is 13.1. The van der Waals surface area contributed by atoms with E-state index in [-0.39, 0.29) is 5.82 Å². The van der Waals surface area contributed by atoms with Crippen molar-refractivity contribution in [3.8, 4) is 11.5 Å². The molecule has 0 fully saturated rings. The zero-order valence-corrected chi connectivity index (χ0v) is 11.5. The number of nitrogens with zero attached hydrogens (tertiary/aromatic N) is 2. The monoisotopic (exact) mass is 313 g/mol. The third kappa shape index (κ3) is 3.14. The molecule has 0 aliphatic heterocycles. The second-order valence-electron chi connectivity index (χ2n) is 3.84. The highest BCUT2D eigenvalue weighted by atomic mass is 79.9. The number of nitrogens with one attached hydrogen (secondary N) is 1. The van der Waals surface area contributed by atoms with E-state index in [4.69, 9.17) is 4.42 Å². The Balaban J connectivity index is 2.11. The quantitative estimate of drug-likeness (QED) is 0.862. The van der Waals surface area contributed by atoms with Crippen LogP contribution in [0.15, 0.2) is 27.1 Å². The first-order valence-corrected chi connectivity index (χ1v) is 6.42. The minimum atomic E-state index is -0.312. The number of halogens is 2. The summed E-state index contributed by atoms with van der Waals surface area (Å²) in [7, 11) is 1.90. The van der Waals surface area contributed by atoms with Crippen molar-refractivity contribution in [1.82, 2.24) is 15.5 Å². The van der Waals surface area contributed by atoms with E-state index in [0.717, 1.165) is 19.4 Å². The van der Waals surface area contributed by atoms with Crippen LogP contribution in [0.25, 0.3) is 11.5 Å². The highest BCUT2D eigenvalue weighted by molar-refractivity contribution is 9.10. The Morgan fingerprint density at radius 2 is 2.22 bits per heavy atom. The standard InChI is InChI=1S/C12H13BrFN3O/c1-15-6-2-3-11-16-17-12(18-11)8-4-5-10(14)9(13)7-8/h4-5,7,15H,2-3,6H2,1H3. The number of benzene rings is 1. The number of hydrogen-bond acceptors (Lipinski definition) is 4. The summed E-state index contributed by atoms with van der Waals surface area (Å²) in [5.41, 5.74) is 0.704. The fourth-order valence-corrected chi connectivity index (χ4v) is 1.90. The van der Waals surface area contributed by atoms with Crippen LogP contribution in [0.1, 0.15) is 12.3 Å². The Labute approximate surface area is 113 Å². The van der Waals surface area contributed by atoms with Crippen LogP contribution in [-0.2, 0) is 6.42 Å². The lowest BCUT2D eigenvalue weighted by Gasteiger charge is -1.97. The van der Waals surface area contributed by atoms with Gasteiger partial charge in [0.15, 0.2) is 0 Å². The van der Waals surface area contributed by atoms with E-state index in [0.29, 0.717) is 21.8 Å². The van der Waals surface area contributed by atoms with E-state index in [2.05, 4.69) is 31.4 Å². The Kier molecular flexibility index (Phi) is 4.43. The lowest BCUT2D eigenvalue weighted by Crippen LogP contribution is -2.08. The molecule has 0 saturated heterocycles. The molecule has 18 heavy (non-hydrogen) atoms. The summed E-state index contributed by atoms with van der Waals surface area (Å²) in [6.07, 6.45) is 1.67. The van der Waals surface area contributed by atoms with Crippen LogP contribution in [0.4, 0.5) is 4.39 Å². The molecule has 2 rings (SSSR count). The third-order valence-electron chi connectivity index (χ3n) is 2.45. The Bertz CT molecular complexity index is 530. The van der Waals surface area contributed by atoms with Crippen molar-refractivity contribution in [3.05, 3.63) is 34.4 Å². The lowest BCUT2D eigenvalue weighted by atomic mass is 10.2. The molecule has 0 amide bonds. The molecule has 6 heteroatoms. The van der Waals surface area contributed by atoms with Gasteiger partial charge in [-0.25, -0.2) is 4.39 Å². The van der Waals surface area contributed by atoms with Crippen molar-refractivity contribution >= 4 is 15.9 Å². The van der Waals surface area contributed by atoms with E-state index >= 15 is 0 Å². The zero-order chi connectivity index (χ0) is 13.0. The second kappa shape index (κ2) is 6.06. The molecular weight excluding hydrogens is 301 g/mol. The smallest absolute Gasteiger partial charge is 0.247 e. The Morgan fingerprint density at radius 1 is 1.39 bits per heavy atom. The van der Waals surface area contributed by atoms with Crippen molar-refractivity contribution in [3.63, 3.8) is 0 Å². The van der Waals surface area contributed by atoms with Gasteiger partial charge in [-0.05, 0) is 54.1 Å². The molecule has 0 aliphatic carbocycles. The van der Waals surface area contributed by atoms with Gasteiger partial charge in [-0.3, -0.25) is 0 Å². The molecule has 0 atom stereocenters. The van der Waals surface area contributed by atoms with Crippen LogP contribution in [0, 0.1) is 5.82 Å². The zero-order valence-electron chi connectivity index (χ0n) is 9.91. The largest absolute Gasteiger partial charge is 0.421 e. The van der Waals surface area contributed by atoms with Gasteiger partial charge in [-0.15, -0.1) is 10.2 Å². The van der Waals surface area contributed by atoms with Crippen LogP contribution < -0.4 is 5.32 Å². The van der Waals surface area contributed by atoms with Crippen LogP contribution >= 0.6 is 15.9 Å². The van der Waals surface area contributed by atoms with Crippen molar-refractivity contribution in [2.24, 2.45) is 0 Å². The van der Waals surface area contributed by atoms with E-state index in [1.807, 2.05) is 7.05 Å². The van der Waals surface area contributed by atoms with Gasteiger partial charge in [0.2, 0.25) is 11.8 Å². The lowest BCUT2D eigenvalue weighted by molar-refractivity contribution is 0.494. The maximum Gasteiger partial charge on any atom is 0.247 e. The topological polar surface area (TPSA) is 51.0 Å². The summed E-state index contributed by atoms with van der Waals surface area (Å²) < 4.78 is 19.0. The van der Waals surface area contributed by atoms with Gasteiger partial charge < -0.3 is 9.73 Å². The van der Waals surface area contributed by atoms with Crippen molar-refractivity contribution in [1.29, 1.82) is 0 Å². The van der Waals surface area contributed by atoms with E-state index in [1.165, 1.54) is 6.07 Å². The highest BCUT2D eigenvalue weighted by Gasteiger charge is 2.10. The molecule has 0 spiro atoms. The number of rotatable bonds is 5. The van der Waals surface area contributed by atoms with Crippen molar-refractivity contribution < 1.29 is 8.81 Å². The fourth-order valence-electron chi connectivity index (χ4n) is 1.52. The summed E-state index contributed by atoms with van der Waals surface area (Å²) >= 11 is 3.13. The molecule has 0 saturated carbocycles. The maximum absolute atomic E-state index is 13.1. The summed E-state index contributed by atoms with van der Waals surface area (Å²) in [4.78, 5) is 0. The number of aromatic nitrogens is 2. The molecule has 0 radical (unpaired) electrons.